The molecule has 0 N–H and O–H groups in total. The van der Waals surface area contributed by atoms with E-state index in [1.54, 1.807) is 0 Å². The third kappa shape index (κ3) is 34.7. The maximum Gasteiger partial charge on any atom is 0.306 e. The summed E-state index contributed by atoms with van der Waals surface area (Å²) in [5.41, 5.74) is 0. The molecule has 0 aromatic rings. The van der Waals surface area contributed by atoms with Gasteiger partial charge in [0.05, 0.1) is 39.3 Å². The van der Waals surface area contributed by atoms with Crippen molar-refractivity contribution in [1.82, 2.24) is 0 Å². The largest absolute Gasteiger partial charge is 0.465 e. The van der Waals surface area contributed by atoms with Crippen molar-refractivity contribution < 1.29 is 57.2 Å². The fraction of sp³-hybridized carbons (Fsp3) is 0.887. The zero-order valence-corrected chi connectivity index (χ0v) is 41.9. The number of hydrogen-bond donors (Lipinski definition) is 0. The summed E-state index contributed by atoms with van der Waals surface area (Å²) in [5, 5.41) is 0. The molecule has 1 fully saturated rings. The molecule has 0 aromatic carbocycles. The molecule has 0 amide bonds. The number of rotatable bonds is 42. The molecule has 65 heavy (non-hydrogen) atoms. The van der Waals surface area contributed by atoms with Gasteiger partial charge in [0.2, 0.25) is 0 Å². The van der Waals surface area contributed by atoms with Crippen LogP contribution in [0.4, 0.5) is 0 Å². The van der Waals surface area contributed by atoms with Gasteiger partial charge in [0, 0.05) is 37.5 Å². The van der Waals surface area contributed by atoms with Crippen molar-refractivity contribution in [3.8, 4) is 0 Å². The van der Waals surface area contributed by atoms with E-state index in [1.165, 1.54) is 25.7 Å². The summed E-state index contributed by atoms with van der Waals surface area (Å²) in [7, 11) is 0. The predicted octanol–water partition coefficient (Wildman–Crippen LogP) is 12.8. The van der Waals surface area contributed by atoms with Crippen LogP contribution in [0.1, 0.15) is 247 Å². The second-order valence-corrected chi connectivity index (χ2v) is 18.9. The zero-order valence-electron chi connectivity index (χ0n) is 41.9. The Morgan fingerprint density at radius 3 is 0.954 bits per heavy atom. The highest BCUT2D eigenvalue weighted by molar-refractivity contribution is 5.73. The van der Waals surface area contributed by atoms with Crippen LogP contribution in [0.5, 0.6) is 0 Å². The Hall–Kier alpha value is -3.18. The molecule has 1 saturated carbocycles. The van der Waals surface area contributed by atoms with Crippen LogP contribution in [-0.4, -0.2) is 74.5 Å². The van der Waals surface area contributed by atoms with Crippen LogP contribution in [0.25, 0.3) is 0 Å². The van der Waals surface area contributed by atoms with E-state index in [-0.39, 0.29) is 81.9 Å². The van der Waals surface area contributed by atoms with E-state index < -0.39 is 36.0 Å². The van der Waals surface area contributed by atoms with Crippen LogP contribution >= 0.6 is 0 Å². The first-order chi connectivity index (χ1) is 31.5. The molecule has 0 radical (unpaired) electrons. The standard InChI is InChI=1S/C53H94O12/c1-6-10-14-18-22-26-30-48(54)60-39-44(40-61-49(55)31-27-23-19-15-11-7-2)37-52(58)64-46-35-34-43(5)36-47(46)65-53(59)38-45(41-62-50(56)32-28-24-20-16-12-8-3)42-63-51(57)33-29-25-21-17-13-9-4/h43-47H,6-42H2,1-5H3/t43?,46-,47+/m0/s1. The highest BCUT2D eigenvalue weighted by Crippen LogP contribution is 2.30. The molecule has 1 aliphatic carbocycles. The Morgan fingerprint density at radius 1 is 0.369 bits per heavy atom. The molecular formula is C53H94O12. The summed E-state index contributed by atoms with van der Waals surface area (Å²) in [5.74, 6) is -3.46. The maximum absolute atomic E-state index is 13.6. The molecule has 12 heteroatoms. The summed E-state index contributed by atoms with van der Waals surface area (Å²) in [6, 6.07) is 0. The smallest absolute Gasteiger partial charge is 0.306 e. The van der Waals surface area contributed by atoms with E-state index >= 15 is 0 Å². The lowest BCUT2D eigenvalue weighted by Crippen LogP contribution is -2.41. The first kappa shape index (κ1) is 59.8. The molecule has 0 heterocycles. The number of carbonyl (C=O) groups excluding carboxylic acids is 6. The van der Waals surface area contributed by atoms with Crippen molar-refractivity contribution in [2.45, 2.75) is 259 Å². The molecule has 12 nitrogen and oxygen atoms in total. The van der Waals surface area contributed by atoms with Gasteiger partial charge in [-0.2, -0.15) is 0 Å². The van der Waals surface area contributed by atoms with E-state index in [2.05, 4.69) is 34.6 Å². The summed E-state index contributed by atoms with van der Waals surface area (Å²) in [6.07, 6.45) is 26.2. The van der Waals surface area contributed by atoms with Gasteiger partial charge in [0.15, 0.2) is 0 Å². The Bertz CT molecular complexity index is 1190. The predicted molar refractivity (Wildman–Crippen MR) is 255 cm³/mol. The summed E-state index contributed by atoms with van der Waals surface area (Å²) in [4.78, 5) is 77.7. The lowest BCUT2D eigenvalue weighted by Gasteiger charge is -2.34. The summed E-state index contributed by atoms with van der Waals surface area (Å²) < 4.78 is 34.4. The molecule has 1 aliphatic rings. The zero-order chi connectivity index (χ0) is 47.8. The summed E-state index contributed by atoms with van der Waals surface area (Å²) >= 11 is 0. The minimum atomic E-state index is -0.704. The molecular weight excluding hydrogens is 829 g/mol. The van der Waals surface area contributed by atoms with E-state index in [0.29, 0.717) is 25.7 Å². The normalized spacial score (nSPS) is 16.0. The highest BCUT2D eigenvalue weighted by atomic mass is 16.6. The van der Waals surface area contributed by atoms with Crippen molar-refractivity contribution in [1.29, 1.82) is 0 Å². The molecule has 1 unspecified atom stereocenters. The molecule has 0 aliphatic heterocycles. The Labute approximate surface area is 394 Å². The van der Waals surface area contributed by atoms with Crippen LogP contribution in [0.3, 0.4) is 0 Å². The minimum Gasteiger partial charge on any atom is -0.465 e. The molecule has 0 saturated heterocycles. The molecule has 1 rings (SSSR count). The highest BCUT2D eigenvalue weighted by Gasteiger charge is 2.35. The van der Waals surface area contributed by atoms with Gasteiger partial charge in [-0.05, 0) is 50.9 Å². The Kier molecular flexibility index (Phi) is 37.8. The second-order valence-electron chi connectivity index (χ2n) is 18.9. The Balaban J connectivity index is 2.90. The van der Waals surface area contributed by atoms with Crippen LogP contribution in [-0.2, 0) is 57.2 Å². The molecule has 378 valence electrons. The van der Waals surface area contributed by atoms with Gasteiger partial charge >= 0.3 is 35.8 Å². The van der Waals surface area contributed by atoms with Crippen LogP contribution in [0, 0.1) is 17.8 Å². The number of esters is 6. The lowest BCUT2D eigenvalue weighted by atomic mass is 9.86. The van der Waals surface area contributed by atoms with Crippen LogP contribution in [0.2, 0.25) is 0 Å². The average Bonchev–Trinajstić information content (AvgIpc) is 3.28. The van der Waals surface area contributed by atoms with E-state index in [1.807, 2.05) is 0 Å². The molecule has 0 spiro atoms. The first-order valence-electron chi connectivity index (χ1n) is 26.5. The van der Waals surface area contributed by atoms with Crippen LogP contribution < -0.4 is 0 Å². The maximum atomic E-state index is 13.6. The van der Waals surface area contributed by atoms with E-state index in [0.717, 1.165) is 135 Å². The third-order valence-electron chi connectivity index (χ3n) is 12.3. The van der Waals surface area contributed by atoms with Gasteiger partial charge in [-0.1, -0.05) is 163 Å². The SMILES string of the molecule is CCCCCCCCC(=O)OCC(COC(=O)CCCCCCCC)CC(=O)O[C@H]1CCC(C)C[C@H]1OC(=O)CC(COC(=O)CCCCCCCC)COC(=O)CCCCCCCC. The van der Waals surface area contributed by atoms with Gasteiger partial charge in [0.1, 0.15) is 12.2 Å². The second kappa shape index (κ2) is 41.0. The van der Waals surface area contributed by atoms with Crippen molar-refractivity contribution in [3.05, 3.63) is 0 Å². The first-order valence-corrected chi connectivity index (χ1v) is 26.5. The number of carbonyl (C=O) groups is 6. The monoisotopic (exact) mass is 923 g/mol. The third-order valence-corrected chi connectivity index (χ3v) is 12.3. The fourth-order valence-corrected chi connectivity index (χ4v) is 8.13. The van der Waals surface area contributed by atoms with E-state index in [4.69, 9.17) is 28.4 Å². The lowest BCUT2D eigenvalue weighted by molar-refractivity contribution is -0.176. The number of ether oxygens (including phenoxy) is 6. The minimum absolute atomic E-state index is 0.0807. The van der Waals surface area contributed by atoms with Crippen molar-refractivity contribution in [2.24, 2.45) is 17.8 Å². The molecule has 0 aromatic heterocycles. The van der Waals surface area contributed by atoms with Crippen molar-refractivity contribution >= 4 is 35.8 Å². The Morgan fingerprint density at radius 2 is 0.646 bits per heavy atom. The van der Waals surface area contributed by atoms with Gasteiger partial charge in [-0.15, -0.1) is 0 Å². The number of hydrogen-bond acceptors (Lipinski definition) is 12. The van der Waals surface area contributed by atoms with Crippen molar-refractivity contribution in [2.75, 3.05) is 26.4 Å². The van der Waals surface area contributed by atoms with Crippen molar-refractivity contribution in [3.63, 3.8) is 0 Å². The molecule has 0 bridgehead atoms. The number of unbranched alkanes of at least 4 members (excludes halogenated alkanes) is 20. The van der Waals surface area contributed by atoms with Gasteiger partial charge in [-0.25, -0.2) is 0 Å². The van der Waals surface area contributed by atoms with Gasteiger partial charge in [0.25, 0.3) is 0 Å². The quantitative estimate of drug-likeness (QED) is 0.0325. The van der Waals surface area contributed by atoms with Gasteiger partial charge < -0.3 is 28.4 Å². The van der Waals surface area contributed by atoms with Gasteiger partial charge in [-0.3, -0.25) is 28.8 Å². The van der Waals surface area contributed by atoms with E-state index in [9.17, 15) is 28.8 Å². The molecule has 3 atom stereocenters. The topological polar surface area (TPSA) is 158 Å². The van der Waals surface area contributed by atoms with Crippen LogP contribution in [0.15, 0.2) is 0 Å². The summed E-state index contributed by atoms with van der Waals surface area (Å²) in [6.45, 7) is 10.4. The fourth-order valence-electron chi connectivity index (χ4n) is 8.13. The average molecular weight is 923 g/mol.